The van der Waals surface area contributed by atoms with E-state index >= 15 is 0 Å². The van der Waals surface area contributed by atoms with Crippen LogP contribution in [0.4, 0.5) is 0 Å². The lowest BCUT2D eigenvalue weighted by Gasteiger charge is -2.41. The topological polar surface area (TPSA) is 49.2 Å². The molecule has 3 N–H and O–H groups in total. The summed E-state index contributed by atoms with van der Waals surface area (Å²) in [4.78, 5) is 0. The number of para-hydroxylation sites is 1. The summed E-state index contributed by atoms with van der Waals surface area (Å²) < 4.78 is 6.14. The Labute approximate surface area is 288 Å². The molecule has 1 aliphatic heterocycles. The van der Waals surface area contributed by atoms with Crippen LogP contribution in [-0.2, 0) is 6.42 Å². The molecule has 4 unspecified atom stereocenters. The number of hydrogen-bond acceptors (Lipinski definition) is 4. The molecule has 4 heteroatoms. The highest BCUT2D eigenvalue weighted by Crippen LogP contribution is 2.39. The molecular weight excluding hydrogens is 599 g/mol. The third kappa shape index (κ3) is 6.08. The highest BCUT2D eigenvalue weighted by molar-refractivity contribution is 5.85. The van der Waals surface area contributed by atoms with Gasteiger partial charge in [-0.1, -0.05) is 140 Å². The lowest BCUT2D eigenvalue weighted by molar-refractivity contribution is 0.219. The highest BCUT2D eigenvalue weighted by Gasteiger charge is 2.31. The van der Waals surface area contributed by atoms with Crippen molar-refractivity contribution in [3.63, 3.8) is 0 Å². The van der Waals surface area contributed by atoms with Crippen LogP contribution in [0.25, 0.3) is 22.6 Å². The number of nitrogens with one attached hydrogen (secondary N) is 3. The van der Waals surface area contributed by atoms with Crippen LogP contribution in [0.1, 0.15) is 71.1 Å². The molecule has 1 fully saturated rings. The molecule has 0 amide bonds. The highest BCUT2D eigenvalue weighted by atomic mass is 16.3. The first-order chi connectivity index (χ1) is 24.2. The Kier molecular flexibility index (Phi) is 8.06. The van der Waals surface area contributed by atoms with Crippen molar-refractivity contribution in [3.05, 3.63) is 190 Å². The predicted octanol–water partition coefficient (Wildman–Crippen LogP) is 9.90. The maximum absolute atomic E-state index is 6.14. The quantitative estimate of drug-likeness (QED) is 0.173. The summed E-state index contributed by atoms with van der Waals surface area (Å²) >= 11 is 0. The van der Waals surface area contributed by atoms with Crippen molar-refractivity contribution >= 4 is 22.6 Å². The fourth-order valence-corrected chi connectivity index (χ4v) is 8.05. The van der Waals surface area contributed by atoms with E-state index in [0.29, 0.717) is 11.8 Å². The van der Waals surface area contributed by atoms with E-state index < -0.39 is 0 Å². The first kappa shape index (κ1) is 30.1. The van der Waals surface area contributed by atoms with E-state index in [1.54, 1.807) is 0 Å². The summed E-state index contributed by atoms with van der Waals surface area (Å²) in [5.74, 6) is 1.69. The molecule has 9 rings (SSSR count). The van der Waals surface area contributed by atoms with Crippen molar-refractivity contribution in [2.75, 3.05) is 0 Å². The minimum absolute atomic E-state index is 0.0436. The van der Waals surface area contributed by atoms with Gasteiger partial charge in [-0.2, -0.15) is 0 Å². The number of benzene rings is 4. The second-order valence-electron chi connectivity index (χ2n) is 13.7. The van der Waals surface area contributed by atoms with Crippen molar-refractivity contribution in [3.8, 4) is 0 Å². The van der Waals surface area contributed by atoms with Gasteiger partial charge in [-0.3, -0.25) is 16.0 Å². The van der Waals surface area contributed by atoms with Crippen molar-refractivity contribution < 1.29 is 4.42 Å². The maximum atomic E-state index is 6.14. The molecule has 4 nitrogen and oxygen atoms in total. The summed E-state index contributed by atoms with van der Waals surface area (Å²) in [5, 5.41) is 12.8. The van der Waals surface area contributed by atoms with E-state index in [0.717, 1.165) is 37.0 Å². The van der Waals surface area contributed by atoms with Gasteiger partial charge in [0, 0.05) is 22.8 Å². The van der Waals surface area contributed by atoms with Gasteiger partial charge in [0.15, 0.2) is 0 Å². The number of rotatable bonds is 6. The lowest BCUT2D eigenvalue weighted by atomic mass is 9.80. The molecule has 5 aromatic rings. The van der Waals surface area contributed by atoms with Gasteiger partial charge in [0.1, 0.15) is 11.3 Å². The Bertz CT molecular complexity index is 2090. The molecular formula is C45H41N3O. The zero-order valence-electron chi connectivity index (χ0n) is 27.6. The summed E-state index contributed by atoms with van der Waals surface area (Å²) in [7, 11) is 0. The van der Waals surface area contributed by atoms with Crippen LogP contribution in [-0.4, -0.2) is 6.17 Å². The molecule has 1 saturated heterocycles. The summed E-state index contributed by atoms with van der Waals surface area (Å²) in [6, 6.07) is 39.1. The van der Waals surface area contributed by atoms with E-state index in [2.05, 4.69) is 162 Å². The van der Waals surface area contributed by atoms with Crippen LogP contribution < -0.4 is 16.0 Å². The Hall–Kier alpha value is -5.00. The lowest BCUT2D eigenvalue weighted by Crippen LogP contribution is -2.59. The molecule has 4 atom stereocenters. The van der Waals surface area contributed by atoms with Gasteiger partial charge < -0.3 is 4.42 Å². The van der Waals surface area contributed by atoms with Crippen LogP contribution in [0, 0.1) is 5.92 Å². The number of fused-ring (bicyclic) bond motifs is 3. The van der Waals surface area contributed by atoms with Gasteiger partial charge in [0.25, 0.3) is 0 Å². The van der Waals surface area contributed by atoms with Crippen LogP contribution >= 0.6 is 0 Å². The second kappa shape index (κ2) is 13.1. The molecule has 0 radical (unpaired) electrons. The zero-order valence-corrected chi connectivity index (χ0v) is 27.6. The Morgan fingerprint density at radius 1 is 0.633 bits per heavy atom. The van der Waals surface area contributed by atoms with Gasteiger partial charge in [-0.05, 0) is 76.8 Å². The average molecular weight is 640 g/mol. The molecule has 4 aromatic carbocycles. The van der Waals surface area contributed by atoms with Crippen LogP contribution in [0.15, 0.2) is 161 Å². The standard InChI is InChI=1S/C45H41N3O/c1-3-12-30(13-4-1)43-46-44(31-14-5-2-6-15-31)48-45(47-43)38-21-11-20-36(28-38)34-18-9-16-32(26-34)33-17-10-19-35(27-33)37-24-25-42-40(29-37)39-22-7-8-23-41(39)49-42/h1-10,12-20,22-25,27-28,34,37,43-48H,11,21,26,29H2. The molecule has 0 saturated carbocycles. The molecule has 1 aromatic heterocycles. The van der Waals surface area contributed by atoms with Gasteiger partial charge in [-0.25, -0.2) is 0 Å². The van der Waals surface area contributed by atoms with Gasteiger partial charge in [-0.15, -0.1) is 0 Å². The number of allylic oxidation sites excluding steroid dienone is 8. The summed E-state index contributed by atoms with van der Waals surface area (Å²) in [6.07, 6.45) is 20.6. The predicted molar refractivity (Wildman–Crippen MR) is 200 cm³/mol. The minimum Gasteiger partial charge on any atom is -0.456 e. The number of furan rings is 1. The third-order valence-electron chi connectivity index (χ3n) is 10.6. The van der Waals surface area contributed by atoms with Crippen LogP contribution in [0.3, 0.4) is 0 Å². The van der Waals surface area contributed by atoms with Crippen LogP contribution in [0.2, 0.25) is 0 Å². The third-order valence-corrected chi connectivity index (χ3v) is 10.6. The minimum atomic E-state index is 0.0436. The molecule has 242 valence electrons. The monoisotopic (exact) mass is 639 g/mol. The van der Waals surface area contributed by atoms with E-state index in [9.17, 15) is 0 Å². The van der Waals surface area contributed by atoms with Crippen LogP contribution in [0.5, 0.6) is 0 Å². The molecule has 0 bridgehead atoms. The van der Waals surface area contributed by atoms with Gasteiger partial charge >= 0.3 is 0 Å². The van der Waals surface area contributed by atoms with Gasteiger partial charge in [0.2, 0.25) is 0 Å². The fraction of sp³-hybridized carbons (Fsp3) is 0.200. The molecule has 3 aliphatic carbocycles. The average Bonchev–Trinajstić information content (AvgIpc) is 3.57. The van der Waals surface area contributed by atoms with Crippen molar-refractivity contribution in [2.24, 2.45) is 5.92 Å². The molecule has 2 heterocycles. The zero-order chi connectivity index (χ0) is 32.6. The van der Waals surface area contributed by atoms with E-state index in [1.807, 2.05) is 6.07 Å². The molecule has 49 heavy (non-hydrogen) atoms. The Morgan fingerprint density at radius 2 is 1.35 bits per heavy atom. The van der Waals surface area contributed by atoms with Gasteiger partial charge in [0.05, 0.1) is 18.5 Å². The SMILES string of the molecule is C1=CC(C2=CCCC(C3NC(c4ccccc4)NC(c4ccccc4)N3)=C2)CC(c2cccc(C3C=Cc4oc5ccccc5c4C3)c2)=C1. The van der Waals surface area contributed by atoms with E-state index in [1.165, 1.54) is 49.9 Å². The Balaban J connectivity index is 0.933. The summed E-state index contributed by atoms with van der Waals surface area (Å²) in [5.41, 5.74) is 11.7. The maximum Gasteiger partial charge on any atom is 0.135 e. The van der Waals surface area contributed by atoms with E-state index in [-0.39, 0.29) is 18.5 Å². The number of hydrogen-bond donors (Lipinski definition) is 3. The fourth-order valence-electron chi connectivity index (χ4n) is 8.05. The normalized spacial score (nSPS) is 25.0. The molecule has 0 spiro atoms. The second-order valence-corrected chi connectivity index (χ2v) is 13.7. The van der Waals surface area contributed by atoms with Crippen molar-refractivity contribution in [1.29, 1.82) is 0 Å². The molecule has 4 aliphatic rings. The Morgan fingerprint density at radius 3 is 2.14 bits per heavy atom. The first-order valence-electron chi connectivity index (χ1n) is 17.7. The summed E-state index contributed by atoms with van der Waals surface area (Å²) in [6.45, 7) is 0. The largest absolute Gasteiger partial charge is 0.456 e. The first-order valence-corrected chi connectivity index (χ1v) is 17.7. The smallest absolute Gasteiger partial charge is 0.135 e. The van der Waals surface area contributed by atoms with Crippen molar-refractivity contribution in [2.45, 2.75) is 50.1 Å². The van der Waals surface area contributed by atoms with Crippen molar-refractivity contribution in [1.82, 2.24) is 16.0 Å². The van der Waals surface area contributed by atoms with E-state index in [4.69, 9.17) is 4.42 Å².